The van der Waals surface area contributed by atoms with Crippen molar-refractivity contribution in [3.63, 3.8) is 0 Å². The number of nitrogens with zero attached hydrogens (tertiary/aromatic N) is 1. The molecule has 2 rings (SSSR count). The van der Waals surface area contributed by atoms with Crippen molar-refractivity contribution in [3.05, 3.63) is 33.7 Å². The zero-order valence-corrected chi connectivity index (χ0v) is 11.4. The van der Waals surface area contributed by atoms with E-state index in [1.807, 2.05) is 0 Å². The van der Waals surface area contributed by atoms with Gasteiger partial charge in [0, 0.05) is 11.4 Å². The first-order chi connectivity index (χ1) is 8.91. The second-order valence-corrected chi connectivity index (χ2v) is 5.73. The quantitative estimate of drug-likeness (QED) is 0.832. The van der Waals surface area contributed by atoms with Crippen LogP contribution in [0.25, 0.3) is 0 Å². The number of aromatic amines is 1. The minimum Gasteiger partial charge on any atom is -0.480 e. The molecule has 2 heterocycles. The smallest absolute Gasteiger partial charge is 0.327 e. The lowest BCUT2D eigenvalue weighted by Gasteiger charge is -2.24. The van der Waals surface area contributed by atoms with Crippen molar-refractivity contribution in [1.82, 2.24) is 9.88 Å². The lowest BCUT2D eigenvalue weighted by atomic mass is 10.2. The van der Waals surface area contributed by atoms with Gasteiger partial charge in [-0.3, -0.25) is 9.59 Å². The van der Waals surface area contributed by atoms with Crippen LogP contribution >= 0.6 is 11.8 Å². The van der Waals surface area contributed by atoms with Gasteiger partial charge in [-0.05, 0) is 26.0 Å². The number of rotatable bonds is 2. The third kappa shape index (κ3) is 2.51. The van der Waals surface area contributed by atoms with Crippen molar-refractivity contribution < 1.29 is 14.7 Å². The maximum absolute atomic E-state index is 12.3. The first kappa shape index (κ1) is 13.7. The van der Waals surface area contributed by atoms with Gasteiger partial charge in [-0.2, -0.15) is 0 Å². The van der Waals surface area contributed by atoms with Crippen LogP contribution < -0.4 is 5.56 Å². The van der Waals surface area contributed by atoms with Crippen LogP contribution in [0.1, 0.15) is 23.0 Å². The number of pyridine rings is 1. The Hall–Kier alpha value is -1.76. The number of H-pyrrole nitrogens is 1. The van der Waals surface area contributed by atoms with Crippen LogP contribution in [0.4, 0.5) is 0 Å². The normalized spacial score (nSPS) is 22.5. The Labute approximate surface area is 113 Å². The van der Waals surface area contributed by atoms with Crippen molar-refractivity contribution in [1.29, 1.82) is 0 Å². The second kappa shape index (κ2) is 5.08. The predicted octanol–water partition coefficient (Wildman–Crippen LogP) is 0.672. The Morgan fingerprint density at radius 2 is 2.16 bits per heavy atom. The van der Waals surface area contributed by atoms with E-state index in [0.717, 1.165) is 0 Å². The summed E-state index contributed by atoms with van der Waals surface area (Å²) in [5.41, 5.74) is 0.143. The number of nitrogens with one attached hydrogen (secondary N) is 1. The van der Waals surface area contributed by atoms with E-state index >= 15 is 0 Å². The maximum atomic E-state index is 12.3. The number of aromatic nitrogens is 1. The first-order valence-electron chi connectivity index (χ1n) is 5.79. The number of hydrogen-bond donors (Lipinski definition) is 2. The molecule has 0 radical (unpaired) electrons. The van der Waals surface area contributed by atoms with E-state index in [1.54, 1.807) is 19.9 Å². The van der Waals surface area contributed by atoms with Crippen molar-refractivity contribution >= 4 is 23.6 Å². The van der Waals surface area contributed by atoms with Crippen LogP contribution in [0.15, 0.2) is 16.9 Å². The maximum Gasteiger partial charge on any atom is 0.327 e. The zero-order valence-electron chi connectivity index (χ0n) is 10.5. The van der Waals surface area contributed by atoms with Crippen molar-refractivity contribution in [2.75, 3.05) is 5.75 Å². The van der Waals surface area contributed by atoms with Gasteiger partial charge in [-0.1, -0.05) is 0 Å². The second-order valence-electron chi connectivity index (χ2n) is 4.38. The van der Waals surface area contributed by atoms with Crippen molar-refractivity contribution in [2.45, 2.75) is 25.3 Å². The minimum atomic E-state index is -1.05. The van der Waals surface area contributed by atoms with E-state index in [1.165, 1.54) is 22.7 Å². The lowest BCUT2D eigenvalue weighted by Crippen LogP contribution is -2.46. The number of carboxylic acids is 1. The van der Waals surface area contributed by atoms with Crippen molar-refractivity contribution in [3.8, 4) is 0 Å². The number of thioether (sulfide) groups is 1. The fourth-order valence-corrected chi connectivity index (χ4v) is 3.19. The van der Waals surface area contributed by atoms with Crippen LogP contribution in [0.5, 0.6) is 0 Å². The van der Waals surface area contributed by atoms with Gasteiger partial charge in [0.2, 0.25) is 0 Å². The minimum absolute atomic E-state index is 0.0220. The molecule has 0 bridgehead atoms. The van der Waals surface area contributed by atoms with E-state index in [0.29, 0.717) is 11.4 Å². The average Bonchev–Trinajstić information content (AvgIpc) is 2.70. The van der Waals surface area contributed by atoms with E-state index < -0.39 is 23.5 Å². The van der Waals surface area contributed by atoms with Crippen LogP contribution in [-0.4, -0.2) is 44.0 Å². The van der Waals surface area contributed by atoms with Gasteiger partial charge < -0.3 is 15.0 Å². The van der Waals surface area contributed by atoms with Crippen molar-refractivity contribution in [2.24, 2.45) is 0 Å². The molecular weight excluding hydrogens is 268 g/mol. The van der Waals surface area contributed by atoms with Gasteiger partial charge in [0.15, 0.2) is 0 Å². The average molecular weight is 282 g/mol. The Morgan fingerprint density at radius 1 is 1.47 bits per heavy atom. The molecule has 1 fully saturated rings. The molecule has 1 saturated heterocycles. The standard InChI is InChI=1S/C12H14N2O4S/c1-6-3-4-8(10(15)13-6)11(16)14-7(2)19-5-9(14)12(17)18/h3-4,7,9H,5H2,1-2H3,(H,13,15)(H,17,18). The monoisotopic (exact) mass is 282 g/mol. The molecule has 1 aromatic rings. The summed E-state index contributed by atoms with van der Waals surface area (Å²) in [6.45, 7) is 3.47. The van der Waals surface area contributed by atoms with Gasteiger partial charge in [0.25, 0.3) is 11.5 Å². The molecule has 102 valence electrons. The van der Waals surface area contributed by atoms with Gasteiger partial charge in [0.1, 0.15) is 11.6 Å². The molecule has 6 nitrogen and oxygen atoms in total. The highest BCUT2D eigenvalue weighted by Gasteiger charge is 2.40. The van der Waals surface area contributed by atoms with E-state index in [2.05, 4.69) is 4.98 Å². The number of carbonyl (C=O) groups excluding carboxylic acids is 1. The summed E-state index contributed by atoms with van der Waals surface area (Å²) in [6.07, 6.45) is 0. The molecule has 2 N–H and O–H groups in total. The molecular formula is C12H14N2O4S. The first-order valence-corrected chi connectivity index (χ1v) is 6.83. The molecule has 1 aromatic heterocycles. The van der Waals surface area contributed by atoms with Gasteiger partial charge in [0.05, 0.1) is 5.37 Å². The van der Waals surface area contributed by atoms with Gasteiger partial charge in [-0.25, -0.2) is 4.79 Å². The summed E-state index contributed by atoms with van der Waals surface area (Å²) in [6, 6.07) is 2.18. The molecule has 1 amide bonds. The molecule has 19 heavy (non-hydrogen) atoms. The molecule has 0 aliphatic carbocycles. The highest BCUT2D eigenvalue weighted by atomic mass is 32.2. The number of aliphatic carboxylic acids is 1. The summed E-state index contributed by atoms with van der Waals surface area (Å²) in [4.78, 5) is 39.0. The van der Waals surface area contributed by atoms with Gasteiger partial charge >= 0.3 is 5.97 Å². The number of carboxylic acid groups (broad SMARTS) is 1. The third-order valence-electron chi connectivity index (χ3n) is 3.03. The fourth-order valence-electron chi connectivity index (χ4n) is 2.02. The summed E-state index contributed by atoms with van der Waals surface area (Å²) in [5.74, 6) is -1.24. The van der Waals surface area contributed by atoms with Crippen LogP contribution in [0.3, 0.4) is 0 Å². The summed E-state index contributed by atoms with van der Waals surface area (Å²) in [5, 5.41) is 8.86. The molecule has 2 unspecified atom stereocenters. The summed E-state index contributed by atoms with van der Waals surface area (Å²) in [7, 11) is 0. The molecule has 0 aromatic carbocycles. The van der Waals surface area contributed by atoms with Crippen LogP contribution in [0.2, 0.25) is 0 Å². The number of carbonyl (C=O) groups is 2. The highest BCUT2D eigenvalue weighted by Crippen LogP contribution is 2.29. The molecule has 0 saturated carbocycles. The van der Waals surface area contributed by atoms with E-state index in [-0.39, 0.29) is 10.9 Å². The lowest BCUT2D eigenvalue weighted by molar-refractivity contribution is -0.141. The molecule has 1 aliphatic heterocycles. The SMILES string of the molecule is Cc1ccc(C(=O)N2C(C)SCC2C(=O)O)c(=O)[nH]1. The predicted molar refractivity (Wildman–Crippen MR) is 71.3 cm³/mol. The third-order valence-corrected chi connectivity index (χ3v) is 4.25. The summed E-state index contributed by atoms with van der Waals surface area (Å²) >= 11 is 1.39. The molecule has 7 heteroatoms. The van der Waals surface area contributed by atoms with Gasteiger partial charge in [-0.15, -0.1) is 11.8 Å². The number of amides is 1. The van der Waals surface area contributed by atoms with Crippen LogP contribution in [-0.2, 0) is 4.79 Å². The highest BCUT2D eigenvalue weighted by molar-refractivity contribution is 8.00. The zero-order chi connectivity index (χ0) is 14.2. The van der Waals surface area contributed by atoms with E-state index in [9.17, 15) is 14.4 Å². The largest absolute Gasteiger partial charge is 0.480 e. The topological polar surface area (TPSA) is 90.5 Å². The Morgan fingerprint density at radius 3 is 2.74 bits per heavy atom. The van der Waals surface area contributed by atoms with Crippen LogP contribution in [0, 0.1) is 6.92 Å². The Kier molecular flexibility index (Phi) is 3.66. The molecule has 1 aliphatic rings. The number of hydrogen-bond acceptors (Lipinski definition) is 4. The Balaban J connectivity index is 2.37. The number of aryl methyl sites for hydroxylation is 1. The molecule has 2 atom stereocenters. The Bertz CT molecular complexity index is 583. The summed E-state index contributed by atoms with van der Waals surface area (Å²) < 4.78 is 0. The fraction of sp³-hybridized carbons (Fsp3) is 0.417. The van der Waals surface area contributed by atoms with E-state index in [4.69, 9.17) is 5.11 Å². The molecule has 0 spiro atoms.